The van der Waals surface area contributed by atoms with Gasteiger partial charge in [-0.2, -0.15) is 0 Å². The first-order valence-corrected chi connectivity index (χ1v) is 9.92. The van der Waals surface area contributed by atoms with E-state index in [-0.39, 0.29) is 17.0 Å². The molecule has 2 heterocycles. The van der Waals surface area contributed by atoms with Crippen LogP contribution in [0.1, 0.15) is 11.1 Å². The average molecular weight is 444 g/mol. The Morgan fingerprint density at radius 3 is 1.70 bits per heavy atom. The van der Waals surface area contributed by atoms with Gasteiger partial charge in [0.25, 0.3) is 11.1 Å². The Balaban J connectivity index is 1.93. The van der Waals surface area contributed by atoms with Gasteiger partial charge < -0.3 is 10.2 Å². The molecule has 4 aromatic rings. The molecule has 0 saturated heterocycles. The van der Waals surface area contributed by atoms with E-state index < -0.39 is 22.7 Å². The zero-order valence-electron chi connectivity index (χ0n) is 17.8. The maximum absolute atomic E-state index is 13.2. The molecular weight excluding hydrogens is 424 g/mol. The van der Waals surface area contributed by atoms with E-state index >= 15 is 0 Å². The fraction of sp³-hybridized carbons (Fsp3) is 0.0833. The molecule has 0 aliphatic carbocycles. The quantitative estimate of drug-likeness (QED) is 0.466. The highest BCUT2D eigenvalue weighted by Crippen LogP contribution is 2.24. The van der Waals surface area contributed by atoms with Crippen molar-refractivity contribution in [1.29, 1.82) is 0 Å². The van der Waals surface area contributed by atoms with Gasteiger partial charge in [0.1, 0.15) is 11.1 Å². The van der Waals surface area contributed by atoms with Crippen LogP contribution in [0.5, 0.6) is 11.8 Å². The molecule has 0 aliphatic rings. The van der Waals surface area contributed by atoms with Crippen LogP contribution in [-0.2, 0) is 14.1 Å². The summed E-state index contributed by atoms with van der Waals surface area (Å²) in [5.74, 6) is -0.856. The number of hydrogen-bond donors (Lipinski definition) is 2. The maximum atomic E-state index is 13.2. The molecule has 2 aromatic carbocycles. The van der Waals surface area contributed by atoms with Gasteiger partial charge in [-0.25, -0.2) is 14.2 Å². The van der Waals surface area contributed by atoms with Crippen LogP contribution < -0.4 is 16.8 Å². The molecule has 9 nitrogen and oxygen atoms in total. The highest BCUT2D eigenvalue weighted by Gasteiger charge is 2.20. The highest BCUT2D eigenvalue weighted by atomic mass is 16.3. The van der Waals surface area contributed by atoms with E-state index in [9.17, 15) is 24.6 Å². The summed E-state index contributed by atoms with van der Waals surface area (Å²) in [7, 11) is 2.61. The first-order chi connectivity index (χ1) is 15.8. The molecule has 166 valence electrons. The van der Waals surface area contributed by atoms with Crippen LogP contribution in [0, 0.1) is 0 Å². The predicted molar refractivity (Wildman–Crippen MR) is 124 cm³/mol. The van der Waals surface area contributed by atoms with Gasteiger partial charge >= 0.3 is 5.69 Å². The SMILES string of the molecule is Cn1c(O)c(C=C=Cc2c(O)n(-c3ccccc3)n(-c3ccccc3)c2=O)c(=O)n(C)c1=O. The predicted octanol–water partition coefficient (Wildman–Crippen LogP) is 1.76. The molecule has 0 radical (unpaired) electrons. The Bertz CT molecular complexity index is 1580. The van der Waals surface area contributed by atoms with E-state index in [2.05, 4.69) is 5.73 Å². The third kappa shape index (κ3) is 3.62. The number of hydrogen-bond acceptors (Lipinski definition) is 5. The lowest BCUT2D eigenvalue weighted by atomic mass is 10.2. The van der Waals surface area contributed by atoms with Crippen molar-refractivity contribution in [1.82, 2.24) is 18.5 Å². The third-order valence-electron chi connectivity index (χ3n) is 5.19. The number of rotatable bonds is 4. The van der Waals surface area contributed by atoms with Crippen molar-refractivity contribution in [2.45, 2.75) is 0 Å². The number of benzene rings is 2. The number of para-hydroxylation sites is 2. The van der Waals surface area contributed by atoms with Crippen molar-refractivity contribution in [3.8, 4) is 23.1 Å². The normalized spacial score (nSPS) is 10.6. The first-order valence-electron chi connectivity index (χ1n) is 9.92. The summed E-state index contributed by atoms with van der Waals surface area (Å²) < 4.78 is 4.45. The molecule has 9 heteroatoms. The highest BCUT2D eigenvalue weighted by molar-refractivity contribution is 5.63. The van der Waals surface area contributed by atoms with Crippen LogP contribution in [0.2, 0.25) is 0 Å². The van der Waals surface area contributed by atoms with E-state index in [1.807, 2.05) is 12.1 Å². The molecule has 2 N–H and O–H groups in total. The van der Waals surface area contributed by atoms with Gasteiger partial charge in [0.2, 0.25) is 11.8 Å². The Morgan fingerprint density at radius 2 is 1.15 bits per heavy atom. The summed E-state index contributed by atoms with van der Waals surface area (Å²) in [5, 5.41) is 21.1. The van der Waals surface area contributed by atoms with Gasteiger partial charge in [-0.15, -0.1) is 5.73 Å². The molecule has 0 fully saturated rings. The lowest BCUT2D eigenvalue weighted by molar-refractivity contribution is 0.410. The second-order valence-corrected chi connectivity index (χ2v) is 7.24. The van der Waals surface area contributed by atoms with Crippen LogP contribution in [-0.4, -0.2) is 28.7 Å². The van der Waals surface area contributed by atoms with E-state index in [1.54, 1.807) is 48.5 Å². The van der Waals surface area contributed by atoms with Crippen LogP contribution in [0.3, 0.4) is 0 Å². The Labute approximate surface area is 187 Å². The first kappa shape index (κ1) is 21.5. The Kier molecular flexibility index (Phi) is 5.47. The molecule has 0 amide bonds. The molecule has 0 atom stereocenters. The minimum Gasteiger partial charge on any atom is -0.494 e. The van der Waals surface area contributed by atoms with Gasteiger partial charge in [-0.3, -0.25) is 18.7 Å². The van der Waals surface area contributed by atoms with E-state index in [0.29, 0.717) is 11.4 Å². The van der Waals surface area contributed by atoms with Crippen LogP contribution in [0.25, 0.3) is 23.5 Å². The molecule has 0 aliphatic heterocycles. The summed E-state index contributed by atoms with van der Waals surface area (Å²) in [6.45, 7) is 0. The standard InChI is InChI=1S/C24H20N4O5/c1-25-20(29)18(21(30)26(2)24(25)33)14-9-15-19-22(31)27(16-10-5-3-6-11-16)28(23(19)32)17-12-7-4-8-13-17/h3-8,10-15,29,31H,1-2H3. The molecule has 0 spiro atoms. The number of aromatic hydroxyl groups is 2. The summed E-state index contributed by atoms with van der Waals surface area (Å²) >= 11 is 0. The monoisotopic (exact) mass is 444 g/mol. The van der Waals surface area contributed by atoms with Gasteiger partial charge in [0, 0.05) is 14.1 Å². The molecule has 4 rings (SSSR count). The largest absolute Gasteiger partial charge is 0.494 e. The van der Waals surface area contributed by atoms with E-state index in [1.165, 1.54) is 29.5 Å². The average Bonchev–Trinajstić information content (AvgIpc) is 3.09. The van der Waals surface area contributed by atoms with Crippen LogP contribution in [0.15, 0.2) is 80.8 Å². The Morgan fingerprint density at radius 1 is 0.667 bits per heavy atom. The lowest BCUT2D eigenvalue weighted by Crippen LogP contribution is -2.37. The molecular formula is C24H20N4O5. The van der Waals surface area contributed by atoms with Crippen molar-refractivity contribution < 1.29 is 10.2 Å². The summed E-state index contributed by atoms with van der Waals surface area (Å²) in [4.78, 5) is 37.5. The topological polar surface area (TPSA) is 111 Å². The van der Waals surface area contributed by atoms with Crippen molar-refractivity contribution >= 4 is 12.2 Å². The van der Waals surface area contributed by atoms with Crippen molar-refractivity contribution in [2.75, 3.05) is 0 Å². The summed E-state index contributed by atoms with van der Waals surface area (Å²) in [5.41, 5.74) is 1.61. The molecule has 0 saturated carbocycles. The van der Waals surface area contributed by atoms with Gasteiger partial charge in [-0.1, -0.05) is 36.4 Å². The smallest absolute Gasteiger partial charge is 0.333 e. The Hall–Kier alpha value is -4.75. The molecule has 0 bridgehead atoms. The summed E-state index contributed by atoms with van der Waals surface area (Å²) in [6.07, 6.45) is 2.38. The van der Waals surface area contributed by atoms with Crippen LogP contribution >= 0.6 is 0 Å². The van der Waals surface area contributed by atoms with Gasteiger partial charge in [-0.05, 0) is 36.4 Å². The van der Waals surface area contributed by atoms with Gasteiger partial charge in [0.05, 0.1) is 11.4 Å². The zero-order chi connectivity index (χ0) is 23.7. The lowest BCUT2D eigenvalue weighted by Gasteiger charge is -2.12. The minimum atomic E-state index is -0.718. The zero-order valence-corrected chi connectivity index (χ0v) is 17.8. The third-order valence-corrected chi connectivity index (χ3v) is 5.19. The fourth-order valence-electron chi connectivity index (χ4n) is 3.44. The van der Waals surface area contributed by atoms with Crippen molar-refractivity contribution in [3.05, 3.63) is 109 Å². The number of nitrogens with zero attached hydrogens (tertiary/aromatic N) is 4. The number of aromatic nitrogens is 4. The molecule has 33 heavy (non-hydrogen) atoms. The van der Waals surface area contributed by atoms with E-state index in [4.69, 9.17) is 0 Å². The minimum absolute atomic E-state index is 0.0694. The molecule has 2 aromatic heterocycles. The van der Waals surface area contributed by atoms with Gasteiger partial charge in [0.15, 0.2) is 0 Å². The molecule has 0 unspecified atom stereocenters. The maximum Gasteiger partial charge on any atom is 0.333 e. The second kappa shape index (κ2) is 8.41. The second-order valence-electron chi connectivity index (χ2n) is 7.24. The summed E-state index contributed by atoms with van der Waals surface area (Å²) in [6, 6.07) is 17.7. The van der Waals surface area contributed by atoms with E-state index in [0.717, 1.165) is 15.2 Å². The van der Waals surface area contributed by atoms with Crippen molar-refractivity contribution in [2.24, 2.45) is 14.1 Å². The fourth-order valence-corrected chi connectivity index (χ4v) is 3.44. The van der Waals surface area contributed by atoms with Crippen LogP contribution in [0.4, 0.5) is 0 Å². The van der Waals surface area contributed by atoms with Crippen molar-refractivity contribution in [3.63, 3.8) is 0 Å².